The lowest BCUT2D eigenvalue weighted by molar-refractivity contribution is -0.134. The fraction of sp³-hybridized carbons (Fsp3) is 1.00. The number of aliphatic hydroxyl groups is 1. The molecule has 0 radical (unpaired) electrons. The lowest BCUT2D eigenvalue weighted by Gasteiger charge is -2.09. The Labute approximate surface area is 61.3 Å². The molecule has 0 spiro atoms. The molecule has 0 saturated carbocycles. The van der Waals surface area contributed by atoms with E-state index < -0.39 is 0 Å². The molecule has 0 rings (SSSR count). The molecule has 0 aromatic rings. The highest BCUT2D eigenvalue weighted by Gasteiger charge is 1.89. The van der Waals surface area contributed by atoms with Gasteiger partial charge in [0.2, 0.25) is 0 Å². The van der Waals surface area contributed by atoms with E-state index in [1.807, 2.05) is 14.1 Å². The molecule has 0 aliphatic rings. The molecule has 0 aliphatic heterocycles. The topological polar surface area (TPSA) is 41.9 Å². The van der Waals surface area contributed by atoms with E-state index in [2.05, 4.69) is 0 Å². The minimum absolute atomic E-state index is 0.0714. The summed E-state index contributed by atoms with van der Waals surface area (Å²) in [5.74, 6) is 0. The molecule has 0 unspecified atom stereocenters. The van der Waals surface area contributed by atoms with Crippen molar-refractivity contribution in [2.45, 2.75) is 0 Å². The van der Waals surface area contributed by atoms with Crippen molar-refractivity contribution in [3.8, 4) is 0 Å². The van der Waals surface area contributed by atoms with Gasteiger partial charge in [-0.1, -0.05) is 0 Å². The minimum atomic E-state index is 0.0714. The highest BCUT2D eigenvalue weighted by Crippen LogP contribution is 1.79. The van der Waals surface area contributed by atoms with Crippen molar-refractivity contribution in [2.24, 2.45) is 0 Å². The van der Waals surface area contributed by atoms with Crippen LogP contribution < -0.4 is 0 Å². The van der Waals surface area contributed by atoms with Crippen molar-refractivity contribution in [3.05, 3.63) is 0 Å². The fourth-order valence-corrected chi connectivity index (χ4v) is 0.445. The number of rotatable bonds is 6. The van der Waals surface area contributed by atoms with E-state index in [-0.39, 0.29) is 6.61 Å². The first-order valence-corrected chi connectivity index (χ1v) is 3.26. The number of aliphatic hydroxyl groups excluding tert-OH is 1. The Balaban J connectivity index is 2.77. The fourth-order valence-electron chi connectivity index (χ4n) is 0.445. The van der Waals surface area contributed by atoms with Crippen LogP contribution in [0.1, 0.15) is 0 Å². The Kier molecular flexibility index (Phi) is 6.84. The lowest BCUT2D eigenvalue weighted by atomic mass is 10.7. The Hall–Kier alpha value is -0.160. The molecule has 0 fully saturated rings. The maximum Gasteiger partial charge on any atom is 0.0918 e. The number of hydrogen-bond acceptors (Lipinski definition) is 4. The SMILES string of the molecule is CN(C)OCCOCCO. The molecule has 1 N–H and O–H groups in total. The zero-order valence-corrected chi connectivity index (χ0v) is 6.54. The Morgan fingerprint density at radius 2 is 1.90 bits per heavy atom. The van der Waals surface area contributed by atoms with Crippen molar-refractivity contribution in [1.29, 1.82) is 0 Å². The van der Waals surface area contributed by atoms with Gasteiger partial charge in [0, 0.05) is 14.1 Å². The van der Waals surface area contributed by atoms with E-state index in [9.17, 15) is 0 Å². The molecule has 4 heteroatoms. The highest BCUT2D eigenvalue weighted by atomic mass is 16.7. The molecule has 0 aromatic heterocycles. The van der Waals surface area contributed by atoms with Crippen molar-refractivity contribution in [3.63, 3.8) is 0 Å². The summed E-state index contributed by atoms with van der Waals surface area (Å²) < 4.78 is 4.93. The van der Waals surface area contributed by atoms with Crippen molar-refractivity contribution < 1.29 is 14.7 Å². The second-order valence-corrected chi connectivity index (χ2v) is 1.98. The van der Waals surface area contributed by atoms with Gasteiger partial charge in [-0.15, -0.1) is 0 Å². The molecular weight excluding hydrogens is 134 g/mol. The smallest absolute Gasteiger partial charge is 0.0918 e. The van der Waals surface area contributed by atoms with Crippen LogP contribution in [0, 0.1) is 0 Å². The maximum absolute atomic E-state index is 8.30. The molecule has 0 atom stereocenters. The molecule has 0 aliphatic carbocycles. The summed E-state index contributed by atoms with van der Waals surface area (Å²) in [7, 11) is 3.62. The molecule has 0 amide bonds. The highest BCUT2D eigenvalue weighted by molar-refractivity contribution is 4.27. The zero-order chi connectivity index (χ0) is 7.82. The molecule has 62 valence electrons. The summed E-state index contributed by atoms with van der Waals surface area (Å²) in [6.07, 6.45) is 0. The van der Waals surface area contributed by atoms with E-state index in [0.717, 1.165) is 0 Å². The van der Waals surface area contributed by atoms with E-state index in [4.69, 9.17) is 14.7 Å². The summed E-state index contributed by atoms with van der Waals surface area (Å²) in [6.45, 7) is 1.52. The van der Waals surface area contributed by atoms with Gasteiger partial charge < -0.3 is 9.84 Å². The van der Waals surface area contributed by atoms with Gasteiger partial charge in [0.05, 0.1) is 26.4 Å². The normalized spacial score (nSPS) is 10.8. The van der Waals surface area contributed by atoms with Gasteiger partial charge in [0.1, 0.15) is 0 Å². The van der Waals surface area contributed by atoms with Gasteiger partial charge >= 0.3 is 0 Å². The van der Waals surface area contributed by atoms with Crippen LogP contribution >= 0.6 is 0 Å². The first kappa shape index (κ1) is 9.84. The van der Waals surface area contributed by atoms with Crippen molar-refractivity contribution in [2.75, 3.05) is 40.5 Å². The van der Waals surface area contributed by atoms with Crippen molar-refractivity contribution in [1.82, 2.24) is 5.06 Å². The summed E-state index contributed by atoms with van der Waals surface area (Å²) >= 11 is 0. The van der Waals surface area contributed by atoms with Gasteiger partial charge in [-0.3, -0.25) is 4.84 Å². The van der Waals surface area contributed by atoms with Crippen LogP contribution in [0.4, 0.5) is 0 Å². The first-order valence-electron chi connectivity index (χ1n) is 3.26. The predicted octanol–water partition coefficient (Wildman–Crippen LogP) is -0.512. The Morgan fingerprint density at radius 1 is 1.20 bits per heavy atom. The third kappa shape index (κ3) is 7.84. The van der Waals surface area contributed by atoms with Crippen LogP contribution in [0.25, 0.3) is 0 Å². The maximum atomic E-state index is 8.30. The summed E-state index contributed by atoms with van der Waals surface area (Å²) in [6, 6.07) is 0. The summed E-state index contributed by atoms with van der Waals surface area (Å²) in [5, 5.41) is 9.91. The van der Waals surface area contributed by atoms with Crippen LogP contribution in [0.5, 0.6) is 0 Å². The predicted molar refractivity (Wildman–Crippen MR) is 37.5 cm³/mol. The van der Waals surface area contributed by atoms with Crippen LogP contribution in [0.2, 0.25) is 0 Å². The van der Waals surface area contributed by atoms with Gasteiger partial charge in [0.15, 0.2) is 0 Å². The van der Waals surface area contributed by atoms with E-state index in [1.165, 1.54) is 0 Å². The van der Waals surface area contributed by atoms with E-state index in [1.54, 1.807) is 5.06 Å². The Bertz CT molecular complexity index is 68.0. The Morgan fingerprint density at radius 3 is 2.40 bits per heavy atom. The van der Waals surface area contributed by atoms with Gasteiger partial charge in [-0.05, 0) is 0 Å². The third-order valence-corrected chi connectivity index (χ3v) is 0.813. The molecule has 0 saturated heterocycles. The quantitative estimate of drug-likeness (QED) is 0.408. The second kappa shape index (κ2) is 6.95. The first-order chi connectivity index (χ1) is 4.77. The summed E-state index contributed by atoms with van der Waals surface area (Å²) in [4.78, 5) is 5.02. The standard InChI is InChI=1S/C6H15NO3/c1-7(2)10-6-5-9-4-3-8/h8H,3-6H2,1-2H3. The minimum Gasteiger partial charge on any atom is -0.394 e. The third-order valence-electron chi connectivity index (χ3n) is 0.813. The molecule has 10 heavy (non-hydrogen) atoms. The molecule has 0 aromatic carbocycles. The molecular formula is C6H15NO3. The number of nitrogens with zero attached hydrogens (tertiary/aromatic N) is 1. The van der Waals surface area contributed by atoms with Crippen LogP contribution in [0.15, 0.2) is 0 Å². The average molecular weight is 149 g/mol. The zero-order valence-electron chi connectivity index (χ0n) is 6.54. The van der Waals surface area contributed by atoms with Crippen LogP contribution in [0.3, 0.4) is 0 Å². The molecule has 0 heterocycles. The van der Waals surface area contributed by atoms with Gasteiger partial charge in [-0.2, -0.15) is 5.06 Å². The molecule has 0 bridgehead atoms. The van der Waals surface area contributed by atoms with Gasteiger partial charge in [0.25, 0.3) is 0 Å². The van der Waals surface area contributed by atoms with E-state index in [0.29, 0.717) is 19.8 Å². The molecule has 4 nitrogen and oxygen atoms in total. The number of ether oxygens (including phenoxy) is 1. The summed E-state index contributed by atoms with van der Waals surface area (Å²) in [5.41, 5.74) is 0. The monoisotopic (exact) mass is 149 g/mol. The largest absolute Gasteiger partial charge is 0.394 e. The second-order valence-electron chi connectivity index (χ2n) is 1.98. The van der Waals surface area contributed by atoms with E-state index >= 15 is 0 Å². The van der Waals surface area contributed by atoms with Crippen molar-refractivity contribution >= 4 is 0 Å². The number of hydroxylamine groups is 2. The van der Waals surface area contributed by atoms with Crippen LogP contribution in [-0.2, 0) is 9.57 Å². The number of hydrogen-bond donors (Lipinski definition) is 1. The van der Waals surface area contributed by atoms with Gasteiger partial charge in [-0.25, -0.2) is 0 Å². The van der Waals surface area contributed by atoms with Crippen LogP contribution in [-0.4, -0.2) is 50.7 Å². The lowest BCUT2D eigenvalue weighted by Crippen LogP contribution is -2.16. The average Bonchev–Trinajstić information content (AvgIpc) is 1.87.